The highest BCUT2D eigenvalue weighted by Crippen LogP contribution is 2.34. The van der Waals surface area contributed by atoms with Gasteiger partial charge in [-0.3, -0.25) is 14.7 Å². The van der Waals surface area contributed by atoms with Crippen LogP contribution < -0.4 is 4.90 Å². The summed E-state index contributed by atoms with van der Waals surface area (Å²) in [7, 11) is -3.45. The van der Waals surface area contributed by atoms with Gasteiger partial charge < -0.3 is 0 Å². The zero-order valence-corrected chi connectivity index (χ0v) is 18.7. The normalized spacial score (nSPS) is 12.1. The van der Waals surface area contributed by atoms with Crippen molar-refractivity contribution in [2.24, 2.45) is 0 Å². The van der Waals surface area contributed by atoms with Gasteiger partial charge in [0.2, 0.25) is 0 Å². The maximum atomic E-state index is 13.3. The Morgan fingerprint density at radius 1 is 1.09 bits per heavy atom. The molecule has 0 saturated heterocycles. The number of fused-ring (bicyclic) bond motifs is 1. The number of nitrogens with zero attached hydrogens (tertiary/aromatic N) is 3. The summed E-state index contributed by atoms with van der Waals surface area (Å²) in [6, 6.07) is 12.0. The molecule has 6 nitrogen and oxygen atoms in total. The standard InChI is InChI=1S/C22H16F3N3O3S2/c1-33(30,31)17-7-8-18-19(11-17)32-21(27-18)28(13-14-4-3-9-26-12-14)20(29)15-5-2-6-16(10-15)22(23,24)25/h2-12H,13H2,1H3. The van der Waals surface area contributed by atoms with E-state index in [1.54, 1.807) is 24.5 Å². The van der Waals surface area contributed by atoms with E-state index in [0.29, 0.717) is 15.8 Å². The maximum absolute atomic E-state index is 13.3. The Kier molecular flexibility index (Phi) is 5.93. The first kappa shape index (κ1) is 22.9. The number of hydrogen-bond donors (Lipinski definition) is 0. The fraction of sp³-hybridized carbons (Fsp3) is 0.136. The minimum absolute atomic E-state index is 0.0155. The number of pyridine rings is 1. The van der Waals surface area contributed by atoms with Crippen molar-refractivity contribution in [3.05, 3.63) is 83.7 Å². The summed E-state index contributed by atoms with van der Waals surface area (Å²) < 4.78 is 63.8. The lowest BCUT2D eigenvalue weighted by Gasteiger charge is -2.20. The molecule has 0 spiro atoms. The Hall–Kier alpha value is -3.31. The lowest BCUT2D eigenvalue weighted by atomic mass is 10.1. The molecule has 0 bridgehead atoms. The molecule has 4 aromatic rings. The monoisotopic (exact) mass is 491 g/mol. The summed E-state index contributed by atoms with van der Waals surface area (Å²) in [4.78, 5) is 23.2. The van der Waals surface area contributed by atoms with Crippen molar-refractivity contribution in [3.63, 3.8) is 0 Å². The van der Waals surface area contributed by atoms with E-state index in [9.17, 15) is 26.4 Å². The first-order chi connectivity index (χ1) is 15.5. The molecule has 2 heterocycles. The number of amides is 1. The van der Waals surface area contributed by atoms with Crippen LogP contribution in [0.4, 0.5) is 18.3 Å². The van der Waals surface area contributed by atoms with E-state index < -0.39 is 27.5 Å². The van der Waals surface area contributed by atoms with Crippen molar-refractivity contribution in [1.29, 1.82) is 0 Å². The second-order valence-corrected chi connectivity index (χ2v) is 10.3. The zero-order valence-electron chi connectivity index (χ0n) is 17.1. The van der Waals surface area contributed by atoms with Gasteiger partial charge >= 0.3 is 6.18 Å². The Balaban J connectivity index is 1.79. The topological polar surface area (TPSA) is 80.2 Å². The van der Waals surface area contributed by atoms with Crippen LogP contribution in [0.3, 0.4) is 0 Å². The van der Waals surface area contributed by atoms with Crippen LogP contribution in [0.25, 0.3) is 10.2 Å². The van der Waals surface area contributed by atoms with Gasteiger partial charge in [0.25, 0.3) is 5.91 Å². The van der Waals surface area contributed by atoms with Crippen molar-refractivity contribution in [1.82, 2.24) is 9.97 Å². The highest BCUT2D eigenvalue weighted by atomic mass is 32.2. The summed E-state index contributed by atoms with van der Waals surface area (Å²) in [6.07, 6.45) is -0.404. The zero-order chi connectivity index (χ0) is 23.8. The van der Waals surface area contributed by atoms with E-state index >= 15 is 0 Å². The lowest BCUT2D eigenvalue weighted by molar-refractivity contribution is -0.137. The summed E-state index contributed by atoms with van der Waals surface area (Å²) in [6.45, 7) is 0.0155. The molecule has 0 aliphatic rings. The molecule has 0 fully saturated rings. The van der Waals surface area contributed by atoms with Crippen LogP contribution in [-0.2, 0) is 22.6 Å². The Labute approximate surface area is 191 Å². The first-order valence-electron chi connectivity index (χ1n) is 9.51. The quantitative estimate of drug-likeness (QED) is 0.394. The number of alkyl halides is 3. The Morgan fingerprint density at radius 2 is 1.88 bits per heavy atom. The van der Waals surface area contributed by atoms with Crippen LogP contribution in [0.1, 0.15) is 21.5 Å². The average Bonchev–Trinajstić information content (AvgIpc) is 3.20. The fourth-order valence-electron chi connectivity index (χ4n) is 3.12. The molecular weight excluding hydrogens is 475 g/mol. The highest BCUT2D eigenvalue weighted by molar-refractivity contribution is 7.90. The van der Waals surface area contributed by atoms with Gasteiger partial charge in [0, 0.05) is 24.2 Å². The number of carbonyl (C=O) groups excluding carboxylic acids is 1. The van der Waals surface area contributed by atoms with Crippen molar-refractivity contribution >= 4 is 42.4 Å². The van der Waals surface area contributed by atoms with Crippen LogP contribution >= 0.6 is 11.3 Å². The minimum atomic E-state index is -4.59. The van der Waals surface area contributed by atoms with E-state index in [-0.39, 0.29) is 22.1 Å². The predicted octanol–water partition coefficient (Wildman–Crippen LogP) is 4.96. The summed E-state index contributed by atoms with van der Waals surface area (Å²) in [5.41, 5.74) is 0.0332. The molecule has 0 radical (unpaired) electrons. The third kappa shape index (κ3) is 5.04. The number of sulfone groups is 1. The number of thiazole rings is 1. The minimum Gasteiger partial charge on any atom is -0.279 e. The molecule has 2 aromatic carbocycles. The van der Waals surface area contributed by atoms with Crippen LogP contribution in [0, 0.1) is 0 Å². The number of halogens is 3. The van der Waals surface area contributed by atoms with Crippen molar-refractivity contribution in [2.75, 3.05) is 11.2 Å². The van der Waals surface area contributed by atoms with Gasteiger partial charge in [0.1, 0.15) is 0 Å². The highest BCUT2D eigenvalue weighted by Gasteiger charge is 2.32. The van der Waals surface area contributed by atoms with Crippen LogP contribution in [-0.4, -0.2) is 30.5 Å². The molecule has 0 N–H and O–H groups in total. The summed E-state index contributed by atoms with van der Waals surface area (Å²) in [5, 5.41) is 0.224. The molecule has 11 heteroatoms. The van der Waals surface area contributed by atoms with Gasteiger partial charge in [-0.05, 0) is 48.0 Å². The second kappa shape index (κ2) is 8.56. The van der Waals surface area contributed by atoms with Crippen LogP contribution in [0.15, 0.2) is 71.9 Å². The molecular formula is C22H16F3N3O3S2. The molecule has 0 aliphatic carbocycles. The number of rotatable bonds is 5. The van der Waals surface area contributed by atoms with Crippen molar-refractivity contribution < 1.29 is 26.4 Å². The molecule has 0 saturated carbocycles. The van der Waals surface area contributed by atoms with E-state index in [0.717, 1.165) is 29.7 Å². The van der Waals surface area contributed by atoms with Gasteiger partial charge in [0.15, 0.2) is 15.0 Å². The fourth-order valence-corrected chi connectivity index (χ4v) is 4.85. The number of anilines is 1. The average molecular weight is 492 g/mol. The molecule has 2 aromatic heterocycles. The number of carbonyl (C=O) groups is 1. The van der Waals surface area contributed by atoms with Crippen molar-refractivity contribution in [3.8, 4) is 0 Å². The molecule has 0 atom stereocenters. The number of hydrogen-bond acceptors (Lipinski definition) is 6. The maximum Gasteiger partial charge on any atom is 0.416 e. The van der Waals surface area contributed by atoms with Crippen molar-refractivity contribution in [2.45, 2.75) is 17.6 Å². The molecule has 33 heavy (non-hydrogen) atoms. The van der Waals surface area contributed by atoms with Gasteiger partial charge in [-0.2, -0.15) is 13.2 Å². The van der Waals surface area contributed by atoms with Crippen LogP contribution in [0.2, 0.25) is 0 Å². The van der Waals surface area contributed by atoms with E-state index in [1.165, 1.54) is 35.2 Å². The Morgan fingerprint density at radius 3 is 2.55 bits per heavy atom. The van der Waals surface area contributed by atoms with Crippen LogP contribution in [0.5, 0.6) is 0 Å². The summed E-state index contributed by atoms with van der Waals surface area (Å²) >= 11 is 1.07. The molecule has 170 valence electrons. The number of benzene rings is 2. The summed E-state index contributed by atoms with van der Waals surface area (Å²) in [5.74, 6) is -0.674. The third-order valence-corrected chi connectivity index (χ3v) is 6.90. The molecule has 4 rings (SSSR count). The number of aromatic nitrogens is 2. The molecule has 0 aliphatic heterocycles. The van der Waals surface area contributed by atoms with Gasteiger partial charge in [-0.1, -0.05) is 23.5 Å². The largest absolute Gasteiger partial charge is 0.416 e. The van der Waals surface area contributed by atoms with Gasteiger partial charge in [-0.15, -0.1) is 0 Å². The molecule has 0 unspecified atom stereocenters. The SMILES string of the molecule is CS(=O)(=O)c1ccc2nc(N(Cc3cccnc3)C(=O)c3cccc(C(F)(F)F)c3)sc2c1. The van der Waals surface area contributed by atoms with Gasteiger partial charge in [-0.25, -0.2) is 13.4 Å². The second-order valence-electron chi connectivity index (χ2n) is 7.23. The molecule has 1 amide bonds. The van der Waals surface area contributed by atoms with E-state index in [2.05, 4.69) is 9.97 Å². The predicted molar refractivity (Wildman–Crippen MR) is 119 cm³/mol. The Bertz CT molecular complexity index is 1440. The van der Waals surface area contributed by atoms with E-state index in [4.69, 9.17) is 0 Å². The smallest absolute Gasteiger partial charge is 0.279 e. The van der Waals surface area contributed by atoms with E-state index in [1.807, 2.05) is 0 Å². The first-order valence-corrected chi connectivity index (χ1v) is 12.2. The lowest BCUT2D eigenvalue weighted by Crippen LogP contribution is -2.30. The van der Waals surface area contributed by atoms with Gasteiger partial charge in [0.05, 0.1) is 27.2 Å². The third-order valence-electron chi connectivity index (χ3n) is 4.75.